The van der Waals surface area contributed by atoms with Gasteiger partial charge in [-0.3, -0.25) is 10.1 Å². The summed E-state index contributed by atoms with van der Waals surface area (Å²) in [6, 6.07) is 71.4. The molecule has 11 aromatic carbocycles. The van der Waals surface area contributed by atoms with Gasteiger partial charge in [-0.05, 0) is 238 Å². The van der Waals surface area contributed by atoms with Gasteiger partial charge in [0.1, 0.15) is 17.3 Å². The molecule has 0 amide bonds. The molecule has 0 radical (unpaired) electrons. The number of fused-ring (bicyclic) bond motifs is 5. The van der Waals surface area contributed by atoms with E-state index in [0.29, 0.717) is 23.4 Å². The first-order chi connectivity index (χ1) is 44.2. The van der Waals surface area contributed by atoms with Gasteiger partial charge in [0.2, 0.25) is 0 Å². The van der Waals surface area contributed by atoms with Crippen molar-refractivity contribution in [3.8, 4) is 50.6 Å². The maximum atomic E-state index is 17.6. The number of hydrogen-bond acceptors (Lipinski definition) is 4. The number of halogens is 4. The summed E-state index contributed by atoms with van der Waals surface area (Å²) in [6.07, 6.45) is -1.67. The first kappa shape index (κ1) is 59.5. The number of nitriles is 1. The van der Waals surface area contributed by atoms with E-state index in [-0.39, 0.29) is 17.7 Å². The Morgan fingerprint density at radius 2 is 0.870 bits per heavy atom. The number of anilines is 3. The van der Waals surface area contributed by atoms with E-state index < -0.39 is 63.3 Å². The number of nitro benzene ring substituents is 1. The minimum atomic E-state index is -4.45. The second kappa shape index (κ2) is 22.6. The number of aryl methyl sites for hydroxylation is 8. The molecular weight excluding hydrogens is 1150 g/mol. The van der Waals surface area contributed by atoms with Gasteiger partial charge in [0.05, 0.1) is 28.2 Å². The third-order valence-corrected chi connectivity index (χ3v) is 20.0. The normalized spacial score (nSPS) is 16.7. The van der Waals surface area contributed by atoms with Gasteiger partial charge >= 0.3 is 5.69 Å². The van der Waals surface area contributed by atoms with Crippen molar-refractivity contribution in [3.63, 3.8) is 0 Å². The van der Waals surface area contributed by atoms with Crippen LogP contribution in [0.25, 0.3) is 44.5 Å². The van der Waals surface area contributed by atoms with Crippen LogP contribution in [0.2, 0.25) is 0 Å². The molecule has 0 aromatic heterocycles. The Morgan fingerprint density at radius 3 is 1.37 bits per heavy atom. The monoisotopic (exact) mass is 1210 g/mol. The molecule has 1 heterocycles. The van der Waals surface area contributed by atoms with Crippen LogP contribution in [-0.2, 0) is 24.7 Å². The lowest BCUT2D eigenvalue weighted by molar-refractivity contribution is -0.386. The number of alkyl halides is 4. The van der Waals surface area contributed by atoms with Crippen LogP contribution in [0, 0.1) is 76.8 Å². The van der Waals surface area contributed by atoms with Gasteiger partial charge in [-0.1, -0.05) is 170 Å². The van der Waals surface area contributed by atoms with Gasteiger partial charge in [-0.15, -0.1) is 0 Å². The predicted molar refractivity (Wildman–Crippen MR) is 362 cm³/mol. The molecule has 0 saturated carbocycles. The third-order valence-electron chi connectivity index (χ3n) is 20.0. The van der Waals surface area contributed by atoms with Crippen LogP contribution in [0.1, 0.15) is 135 Å². The summed E-state index contributed by atoms with van der Waals surface area (Å²) < 4.78 is 70.4. The van der Waals surface area contributed by atoms with E-state index in [1.807, 2.05) is 97.1 Å². The van der Waals surface area contributed by atoms with Crippen LogP contribution in [0.3, 0.4) is 0 Å². The van der Waals surface area contributed by atoms with Crippen LogP contribution in [0.5, 0.6) is 0 Å². The molecule has 92 heavy (non-hydrogen) atoms. The maximum Gasteiger partial charge on any atom is 0.303 e. The summed E-state index contributed by atoms with van der Waals surface area (Å²) in [6.45, 7) is 16.5. The van der Waals surface area contributed by atoms with Gasteiger partial charge in [0.15, 0.2) is 0 Å². The van der Waals surface area contributed by atoms with Crippen molar-refractivity contribution >= 4 is 22.7 Å². The second-order valence-corrected chi connectivity index (χ2v) is 25.7. The molecule has 11 aromatic rings. The summed E-state index contributed by atoms with van der Waals surface area (Å²) in [5.74, 6) is -10.9. The highest BCUT2D eigenvalue weighted by Gasteiger charge is 2.63. The highest BCUT2D eigenvalue weighted by Crippen LogP contribution is 2.65. The number of rotatable bonds is 9. The largest absolute Gasteiger partial charge is 0.304 e. The van der Waals surface area contributed by atoms with Crippen molar-refractivity contribution in [2.75, 3.05) is 4.90 Å². The molecule has 3 atom stereocenters. The number of benzene rings is 11. The van der Waals surface area contributed by atoms with Crippen molar-refractivity contribution in [2.45, 2.75) is 104 Å². The number of hydrogen-bond donors (Lipinski definition) is 0. The smallest absolute Gasteiger partial charge is 0.303 e. The maximum absolute atomic E-state index is 17.6. The lowest BCUT2D eigenvalue weighted by Gasteiger charge is -2.34. The fraction of sp³-hybridized carbons (Fsp3) is 0.193. The van der Waals surface area contributed by atoms with Crippen LogP contribution in [-0.4, -0.2) is 4.92 Å². The quantitative estimate of drug-likeness (QED) is 0.0820. The molecule has 3 unspecified atom stereocenters. The molecular formula is C83H67F4N3O2. The molecule has 0 bridgehead atoms. The van der Waals surface area contributed by atoms with Gasteiger partial charge in [-0.25, -0.2) is 17.6 Å². The molecule has 3 aliphatic rings. The summed E-state index contributed by atoms with van der Waals surface area (Å²) >= 11 is 0. The Morgan fingerprint density at radius 1 is 0.446 bits per heavy atom. The Bertz CT molecular complexity index is 4830. The van der Waals surface area contributed by atoms with Crippen molar-refractivity contribution in [1.82, 2.24) is 0 Å². The van der Waals surface area contributed by atoms with Crippen LogP contribution in [0.15, 0.2) is 206 Å². The first-order valence-corrected chi connectivity index (χ1v) is 31.5. The van der Waals surface area contributed by atoms with E-state index in [9.17, 15) is 15.4 Å². The Kier molecular flexibility index (Phi) is 14.6. The fourth-order valence-corrected chi connectivity index (χ4v) is 16.1. The van der Waals surface area contributed by atoms with Crippen molar-refractivity contribution in [2.24, 2.45) is 0 Å². The molecule has 9 heteroatoms. The zero-order valence-corrected chi connectivity index (χ0v) is 52.7. The lowest BCUT2D eigenvalue weighted by Crippen LogP contribution is -2.23. The van der Waals surface area contributed by atoms with Gasteiger partial charge in [-0.2, -0.15) is 5.26 Å². The van der Waals surface area contributed by atoms with Gasteiger partial charge in [0, 0.05) is 29.0 Å². The highest BCUT2D eigenvalue weighted by atomic mass is 19.3. The summed E-state index contributed by atoms with van der Waals surface area (Å²) in [4.78, 5) is 15.8. The van der Waals surface area contributed by atoms with E-state index in [4.69, 9.17) is 0 Å². The Balaban J connectivity index is 1.17. The average Bonchev–Trinajstić information content (AvgIpc) is 1.47. The molecule has 14 rings (SSSR count). The van der Waals surface area contributed by atoms with Crippen LogP contribution >= 0.6 is 0 Å². The van der Waals surface area contributed by atoms with Gasteiger partial charge < -0.3 is 4.90 Å². The van der Waals surface area contributed by atoms with Crippen molar-refractivity contribution in [3.05, 3.63) is 328 Å². The Hall–Kier alpha value is -10.2. The summed E-state index contributed by atoms with van der Waals surface area (Å²) in [5.41, 5.74) is 18.2. The lowest BCUT2D eigenvalue weighted by atomic mass is 9.76. The molecule has 0 spiro atoms. The molecule has 0 fully saturated rings. The minimum absolute atomic E-state index is 0.0399. The standard InChI is InChI=1S/C83H67F4N3O2/c1-47-19-15-20-48(2)72(47)58-34-37-70-62(39-58)44-64(55-27-11-9-12-28-55)66-42-61(75-53(7)25-18-26-54(75)8)35-38-71(66)89(70)80-77(69(45-88)78-79(81(80)90(91)92)83(86,87)46-82(78,84)85)68-40-57-31-32-59(73-49(3)21-16-22-50(73)4)41-65(57)76(56-29-13-10-14-30-56)67-43-60(33-36-63(67)68)74-51(5)23-17-24-52(74)6/h9-39,41-43,64,68,76H,40,44,46H2,1-8H3. The topological polar surface area (TPSA) is 70.2 Å². The molecule has 0 N–H and O–H groups in total. The van der Waals surface area contributed by atoms with E-state index in [2.05, 4.69) is 171 Å². The molecule has 1 aliphatic heterocycles. The zero-order valence-electron chi connectivity index (χ0n) is 52.7. The van der Waals surface area contributed by atoms with E-state index >= 15 is 17.6 Å². The van der Waals surface area contributed by atoms with Crippen LogP contribution in [0.4, 0.5) is 40.3 Å². The zero-order chi connectivity index (χ0) is 64.2. The predicted octanol–water partition coefficient (Wildman–Crippen LogP) is 22.2. The van der Waals surface area contributed by atoms with E-state index in [1.165, 1.54) is 0 Å². The Labute approximate surface area is 535 Å². The van der Waals surface area contributed by atoms with Crippen molar-refractivity contribution in [1.29, 1.82) is 5.26 Å². The molecule has 2 aliphatic carbocycles. The first-order valence-electron chi connectivity index (χ1n) is 31.5. The van der Waals surface area contributed by atoms with Crippen molar-refractivity contribution < 1.29 is 22.5 Å². The van der Waals surface area contributed by atoms with Crippen LogP contribution < -0.4 is 4.90 Å². The summed E-state index contributed by atoms with van der Waals surface area (Å²) in [5, 5.41) is 27.1. The molecule has 5 nitrogen and oxygen atoms in total. The summed E-state index contributed by atoms with van der Waals surface area (Å²) in [7, 11) is 0. The fourth-order valence-electron chi connectivity index (χ4n) is 16.1. The van der Waals surface area contributed by atoms with Gasteiger partial charge in [0.25, 0.3) is 11.8 Å². The molecule has 454 valence electrons. The van der Waals surface area contributed by atoms with E-state index in [0.717, 1.165) is 128 Å². The SMILES string of the molecule is Cc1cccc(C)c1-c1ccc2c(c1)CC(c1ccccc1)c1cc(-c3c(C)cccc3C)ccc1N2c1c(C2Cc3ccc(-c4c(C)cccc4C)cc3C(c3ccccc3)c3cc(-c4c(C)cccc4C)ccc32)c(C#N)c2c(c1[N+](=O)[O-])C(F)(F)CC2(F)F. The second-order valence-electron chi connectivity index (χ2n) is 25.7. The molecule has 0 saturated heterocycles. The third kappa shape index (κ3) is 9.73. The minimum Gasteiger partial charge on any atom is -0.304 e. The van der Waals surface area contributed by atoms with E-state index in [1.54, 1.807) is 4.90 Å². The number of nitrogens with zero attached hydrogens (tertiary/aromatic N) is 3. The highest BCUT2D eigenvalue weighted by molar-refractivity contribution is 5.95. The number of nitro groups is 1. The average molecular weight is 1210 g/mol.